The van der Waals surface area contributed by atoms with Crippen LogP contribution in [0.3, 0.4) is 0 Å². The van der Waals surface area contributed by atoms with E-state index in [4.69, 9.17) is 11.6 Å². The predicted octanol–water partition coefficient (Wildman–Crippen LogP) is 1.57. The molecule has 1 aromatic carbocycles. The summed E-state index contributed by atoms with van der Waals surface area (Å²) in [5.74, 6) is -0.233. The highest BCUT2D eigenvalue weighted by Crippen LogP contribution is 2.27. The minimum atomic E-state index is -3.79. The molecule has 0 aliphatic heterocycles. The van der Waals surface area contributed by atoms with Crippen molar-refractivity contribution in [2.45, 2.75) is 23.6 Å². The number of carbonyl (C=O) groups excluding carboxylic acids is 1. The van der Waals surface area contributed by atoms with Crippen LogP contribution in [0.2, 0.25) is 0 Å². The minimum absolute atomic E-state index is 0.0165. The first-order valence-corrected chi connectivity index (χ1v) is 9.20. The summed E-state index contributed by atoms with van der Waals surface area (Å²) >= 11 is 5.35. The number of rotatable bonds is 4. The first-order chi connectivity index (χ1) is 8.50. The van der Waals surface area contributed by atoms with Gasteiger partial charge in [-0.05, 0) is 36.2 Å². The van der Waals surface area contributed by atoms with Gasteiger partial charge in [-0.3, -0.25) is 4.79 Å². The van der Waals surface area contributed by atoms with E-state index in [2.05, 4.69) is 0 Å². The lowest BCUT2D eigenvalue weighted by Gasteiger charge is -2.11. The van der Waals surface area contributed by atoms with Crippen LogP contribution in [0.4, 0.5) is 0 Å². The van der Waals surface area contributed by atoms with Crippen LogP contribution in [-0.2, 0) is 19.7 Å². The Labute approximate surface area is 117 Å². The van der Waals surface area contributed by atoms with E-state index in [9.17, 15) is 21.6 Å². The molecule has 0 aliphatic rings. The van der Waals surface area contributed by atoms with Gasteiger partial charge in [0.1, 0.15) is 0 Å². The zero-order chi connectivity index (χ0) is 15.0. The molecule has 0 heterocycles. The molecule has 0 bridgehead atoms. The van der Waals surface area contributed by atoms with Gasteiger partial charge in [-0.1, -0.05) is 6.92 Å². The van der Waals surface area contributed by atoms with Crippen LogP contribution in [0.5, 0.6) is 0 Å². The van der Waals surface area contributed by atoms with Crippen molar-refractivity contribution < 1.29 is 21.6 Å². The molecule has 1 rings (SSSR count). The lowest BCUT2D eigenvalue weighted by molar-refractivity contribution is 0.108. The van der Waals surface area contributed by atoms with Gasteiger partial charge in [0.2, 0.25) is 0 Å². The number of hydrogen-bond acceptors (Lipinski definition) is 5. The summed E-state index contributed by atoms with van der Waals surface area (Å²) in [6.07, 6.45) is 0.884. The SMILES string of the molecule is CCS(=O)(=O)c1cc(C)c(C(=O)Cl)cc1S(C)(=O)=O. The maximum atomic E-state index is 11.9. The van der Waals surface area contributed by atoms with E-state index < -0.39 is 29.8 Å². The average Bonchev–Trinajstić information content (AvgIpc) is 2.26. The van der Waals surface area contributed by atoms with Gasteiger partial charge in [-0.25, -0.2) is 16.8 Å². The summed E-state index contributed by atoms with van der Waals surface area (Å²) in [6.45, 7) is 2.91. The van der Waals surface area contributed by atoms with Gasteiger partial charge in [0.05, 0.1) is 15.5 Å². The van der Waals surface area contributed by atoms with Gasteiger partial charge >= 0.3 is 0 Å². The summed E-state index contributed by atoms with van der Waals surface area (Å²) in [5, 5.41) is -0.831. The Morgan fingerprint density at radius 1 is 1.16 bits per heavy atom. The summed E-state index contributed by atoms with van der Waals surface area (Å²) in [7, 11) is -7.50. The molecular weight excluding hydrogens is 312 g/mol. The molecule has 0 fully saturated rings. The number of carbonyl (C=O) groups is 1. The Kier molecular flexibility index (Phi) is 4.44. The van der Waals surface area contributed by atoms with Crippen molar-refractivity contribution in [1.82, 2.24) is 0 Å². The standard InChI is InChI=1S/C11H13ClO5S2/c1-4-19(16,17)10-5-7(2)8(11(12)13)6-9(10)18(3,14)15/h5-6H,4H2,1-3H3. The van der Waals surface area contributed by atoms with Crippen molar-refractivity contribution in [2.75, 3.05) is 12.0 Å². The topological polar surface area (TPSA) is 85.3 Å². The molecular formula is C11H13ClO5S2. The molecule has 0 radical (unpaired) electrons. The van der Waals surface area contributed by atoms with Crippen molar-refractivity contribution in [3.8, 4) is 0 Å². The molecule has 19 heavy (non-hydrogen) atoms. The third kappa shape index (κ3) is 3.34. The quantitative estimate of drug-likeness (QED) is 0.785. The van der Waals surface area contributed by atoms with Crippen LogP contribution >= 0.6 is 11.6 Å². The third-order valence-electron chi connectivity index (χ3n) is 2.62. The van der Waals surface area contributed by atoms with Crippen molar-refractivity contribution >= 4 is 36.5 Å². The molecule has 5 nitrogen and oxygen atoms in total. The summed E-state index contributed by atoms with van der Waals surface area (Å²) in [5.41, 5.74) is 0.302. The predicted molar refractivity (Wildman–Crippen MR) is 72.2 cm³/mol. The fourth-order valence-electron chi connectivity index (χ4n) is 1.56. The van der Waals surface area contributed by atoms with E-state index >= 15 is 0 Å². The van der Waals surface area contributed by atoms with Crippen LogP contribution in [0.15, 0.2) is 21.9 Å². The largest absolute Gasteiger partial charge is 0.276 e. The minimum Gasteiger partial charge on any atom is -0.276 e. The highest BCUT2D eigenvalue weighted by Gasteiger charge is 2.25. The van der Waals surface area contributed by atoms with Crippen LogP contribution in [0, 0.1) is 6.92 Å². The van der Waals surface area contributed by atoms with Gasteiger partial charge in [0.15, 0.2) is 19.7 Å². The summed E-state index contributed by atoms with van der Waals surface area (Å²) < 4.78 is 47.2. The molecule has 0 unspecified atom stereocenters. The molecule has 8 heteroatoms. The lowest BCUT2D eigenvalue weighted by atomic mass is 10.1. The van der Waals surface area contributed by atoms with Crippen LogP contribution in [0.1, 0.15) is 22.8 Å². The Morgan fingerprint density at radius 2 is 1.68 bits per heavy atom. The Balaban J connectivity index is 3.86. The zero-order valence-electron chi connectivity index (χ0n) is 10.6. The molecule has 0 saturated carbocycles. The Bertz CT molecular complexity index is 733. The number of benzene rings is 1. The monoisotopic (exact) mass is 324 g/mol. The molecule has 1 aromatic rings. The van der Waals surface area contributed by atoms with Gasteiger partial charge in [-0.15, -0.1) is 0 Å². The van der Waals surface area contributed by atoms with Crippen molar-refractivity contribution in [2.24, 2.45) is 0 Å². The Morgan fingerprint density at radius 3 is 2.05 bits per heavy atom. The van der Waals surface area contributed by atoms with Crippen LogP contribution in [-0.4, -0.2) is 34.1 Å². The van der Waals surface area contributed by atoms with Crippen molar-refractivity contribution in [3.63, 3.8) is 0 Å². The highest BCUT2D eigenvalue weighted by molar-refractivity contribution is 7.94. The average molecular weight is 325 g/mol. The van der Waals surface area contributed by atoms with Crippen molar-refractivity contribution in [3.05, 3.63) is 23.3 Å². The number of aryl methyl sites for hydroxylation is 1. The van der Waals surface area contributed by atoms with E-state index in [0.717, 1.165) is 12.3 Å². The number of halogens is 1. The lowest BCUT2D eigenvalue weighted by Crippen LogP contribution is -2.12. The summed E-state index contributed by atoms with van der Waals surface area (Å²) in [6, 6.07) is 2.19. The number of hydrogen-bond donors (Lipinski definition) is 0. The second-order valence-electron chi connectivity index (χ2n) is 4.06. The van der Waals surface area contributed by atoms with Gasteiger partial charge in [-0.2, -0.15) is 0 Å². The van der Waals surface area contributed by atoms with E-state index in [1.54, 1.807) is 0 Å². The molecule has 0 spiro atoms. The second kappa shape index (κ2) is 5.22. The Hall–Kier alpha value is -0.920. The molecule has 0 atom stereocenters. The smallest absolute Gasteiger partial charge is 0.252 e. The van der Waals surface area contributed by atoms with Crippen molar-refractivity contribution in [1.29, 1.82) is 0 Å². The zero-order valence-corrected chi connectivity index (χ0v) is 13.0. The fourth-order valence-corrected chi connectivity index (χ4v) is 4.39. The number of sulfone groups is 2. The molecule has 0 aromatic heterocycles. The molecule has 0 saturated heterocycles. The molecule has 0 amide bonds. The fraction of sp³-hybridized carbons (Fsp3) is 0.364. The van der Waals surface area contributed by atoms with E-state index in [0.29, 0.717) is 5.56 Å². The maximum absolute atomic E-state index is 11.9. The van der Waals surface area contributed by atoms with Crippen LogP contribution < -0.4 is 0 Å². The third-order valence-corrected chi connectivity index (χ3v) is 5.85. The van der Waals surface area contributed by atoms with Gasteiger partial charge in [0.25, 0.3) is 5.24 Å². The molecule has 0 N–H and O–H groups in total. The molecule has 0 aliphatic carbocycles. The van der Waals surface area contributed by atoms with E-state index in [1.807, 2.05) is 0 Å². The normalized spacial score (nSPS) is 12.4. The first-order valence-electron chi connectivity index (χ1n) is 5.28. The summed E-state index contributed by atoms with van der Waals surface area (Å²) in [4.78, 5) is 10.5. The van der Waals surface area contributed by atoms with Gasteiger partial charge < -0.3 is 0 Å². The molecule has 106 valence electrons. The maximum Gasteiger partial charge on any atom is 0.252 e. The van der Waals surface area contributed by atoms with E-state index in [1.165, 1.54) is 19.9 Å². The second-order valence-corrected chi connectivity index (χ2v) is 8.64. The van der Waals surface area contributed by atoms with Crippen LogP contribution in [0.25, 0.3) is 0 Å². The van der Waals surface area contributed by atoms with Gasteiger partial charge in [0, 0.05) is 11.8 Å². The van der Waals surface area contributed by atoms with E-state index in [-0.39, 0.29) is 16.2 Å². The first kappa shape index (κ1) is 16.1. The highest BCUT2D eigenvalue weighted by atomic mass is 35.5.